The molecule has 84 valence electrons. The van der Waals surface area contributed by atoms with E-state index in [4.69, 9.17) is 16.3 Å². The summed E-state index contributed by atoms with van der Waals surface area (Å²) in [6.45, 7) is 2.30. The quantitative estimate of drug-likeness (QED) is 0.755. The summed E-state index contributed by atoms with van der Waals surface area (Å²) in [5, 5.41) is 12.1. The van der Waals surface area contributed by atoms with E-state index in [0.29, 0.717) is 11.8 Å². The molecule has 3 heterocycles. The molecule has 1 saturated heterocycles. The number of hydrogen-bond donors (Lipinski definition) is 1. The smallest absolute Gasteiger partial charge is 0.169 e. The van der Waals surface area contributed by atoms with Crippen LogP contribution in [-0.2, 0) is 4.74 Å². The Kier molecular flexibility index (Phi) is 2.51. The van der Waals surface area contributed by atoms with Crippen molar-refractivity contribution in [2.75, 3.05) is 19.7 Å². The highest BCUT2D eigenvalue weighted by Crippen LogP contribution is 2.21. The predicted octanol–water partition coefficient (Wildman–Crippen LogP) is 1.04. The van der Waals surface area contributed by atoms with Gasteiger partial charge in [-0.1, -0.05) is 17.7 Å². The number of nitrogens with one attached hydrogen (secondary N) is 1. The van der Waals surface area contributed by atoms with Gasteiger partial charge in [0.1, 0.15) is 11.3 Å². The number of morpholine rings is 1. The van der Waals surface area contributed by atoms with E-state index in [2.05, 4.69) is 15.5 Å². The van der Waals surface area contributed by atoms with Gasteiger partial charge in [0.2, 0.25) is 0 Å². The van der Waals surface area contributed by atoms with Crippen LogP contribution >= 0.6 is 11.6 Å². The first-order valence-electron chi connectivity index (χ1n) is 5.18. The zero-order valence-corrected chi connectivity index (χ0v) is 9.31. The van der Waals surface area contributed by atoms with Gasteiger partial charge >= 0.3 is 0 Å². The molecule has 0 saturated carbocycles. The van der Waals surface area contributed by atoms with E-state index in [1.165, 1.54) is 0 Å². The first kappa shape index (κ1) is 10.0. The monoisotopic (exact) mass is 238 g/mol. The Balaban J connectivity index is 2.09. The summed E-state index contributed by atoms with van der Waals surface area (Å²) in [5.74, 6) is 0.757. The van der Waals surface area contributed by atoms with Gasteiger partial charge in [-0.2, -0.15) is 0 Å². The molecule has 1 unspecified atom stereocenters. The third-order valence-electron chi connectivity index (χ3n) is 2.62. The van der Waals surface area contributed by atoms with Crippen LogP contribution < -0.4 is 5.32 Å². The first-order valence-corrected chi connectivity index (χ1v) is 5.56. The van der Waals surface area contributed by atoms with Gasteiger partial charge < -0.3 is 10.1 Å². The Labute approximate surface area is 97.4 Å². The molecule has 1 aliphatic rings. The van der Waals surface area contributed by atoms with Crippen LogP contribution in [0.3, 0.4) is 0 Å². The lowest BCUT2D eigenvalue weighted by Crippen LogP contribution is -2.34. The fourth-order valence-corrected chi connectivity index (χ4v) is 2.11. The predicted molar refractivity (Wildman–Crippen MR) is 59.6 cm³/mol. The average Bonchev–Trinajstić information content (AvgIpc) is 2.75. The molecular formula is C10H11ClN4O. The van der Waals surface area contributed by atoms with Crippen molar-refractivity contribution in [3.05, 3.63) is 29.2 Å². The number of pyridine rings is 1. The standard InChI is InChI=1S/C10H11ClN4O/c11-8-2-1-3-9-13-14-10(15(8)9)7-6-12-4-5-16-7/h1-3,7,12H,4-6H2. The number of nitrogens with zero attached hydrogens (tertiary/aromatic N) is 3. The molecule has 2 aromatic heterocycles. The van der Waals surface area contributed by atoms with Crippen molar-refractivity contribution in [2.24, 2.45) is 0 Å². The minimum Gasteiger partial charge on any atom is -0.368 e. The topological polar surface area (TPSA) is 51.5 Å². The van der Waals surface area contributed by atoms with Crippen molar-refractivity contribution in [3.63, 3.8) is 0 Å². The molecule has 1 fully saturated rings. The van der Waals surface area contributed by atoms with Crippen LogP contribution in [0, 0.1) is 0 Å². The summed E-state index contributed by atoms with van der Waals surface area (Å²) in [6.07, 6.45) is -0.0800. The van der Waals surface area contributed by atoms with E-state index in [1.54, 1.807) is 0 Å². The normalized spacial score (nSPS) is 21.4. The van der Waals surface area contributed by atoms with Gasteiger partial charge in [0.05, 0.1) is 6.61 Å². The van der Waals surface area contributed by atoms with Crippen molar-refractivity contribution in [3.8, 4) is 0 Å². The second-order valence-electron chi connectivity index (χ2n) is 3.66. The average molecular weight is 239 g/mol. The summed E-state index contributed by atoms with van der Waals surface area (Å²) in [4.78, 5) is 0. The first-order chi connectivity index (χ1) is 7.86. The number of rotatable bonds is 1. The number of ether oxygens (including phenoxy) is 1. The van der Waals surface area contributed by atoms with E-state index in [1.807, 2.05) is 22.6 Å². The van der Waals surface area contributed by atoms with Crippen LogP contribution in [0.15, 0.2) is 18.2 Å². The highest BCUT2D eigenvalue weighted by molar-refractivity contribution is 6.29. The summed E-state index contributed by atoms with van der Waals surface area (Å²) < 4.78 is 7.46. The van der Waals surface area contributed by atoms with Crippen molar-refractivity contribution < 1.29 is 4.74 Å². The Hall–Kier alpha value is -1.17. The van der Waals surface area contributed by atoms with E-state index in [-0.39, 0.29) is 6.10 Å². The van der Waals surface area contributed by atoms with Gasteiger partial charge in [0.25, 0.3) is 0 Å². The molecule has 0 radical (unpaired) electrons. The number of hydrogen-bond acceptors (Lipinski definition) is 4. The molecule has 3 rings (SSSR count). The van der Waals surface area contributed by atoms with Crippen molar-refractivity contribution in [2.45, 2.75) is 6.10 Å². The second kappa shape index (κ2) is 4.01. The van der Waals surface area contributed by atoms with Crippen LogP contribution in [0.25, 0.3) is 5.65 Å². The molecule has 0 aromatic carbocycles. The molecule has 6 heteroatoms. The fraction of sp³-hybridized carbons (Fsp3) is 0.400. The van der Waals surface area contributed by atoms with Gasteiger partial charge in [-0.05, 0) is 12.1 Å². The molecule has 5 nitrogen and oxygen atoms in total. The van der Waals surface area contributed by atoms with Crippen LogP contribution in [0.1, 0.15) is 11.9 Å². The highest BCUT2D eigenvalue weighted by atomic mass is 35.5. The highest BCUT2D eigenvalue weighted by Gasteiger charge is 2.22. The van der Waals surface area contributed by atoms with Gasteiger partial charge in [-0.25, -0.2) is 0 Å². The maximum atomic E-state index is 6.13. The van der Waals surface area contributed by atoms with Gasteiger partial charge in [0.15, 0.2) is 11.5 Å². The molecule has 0 bridgehead atoms. The minimum atomic E-state index is -0.0800. The van der Waals surface area contributed by atoms with Crippen molar-refractivity contribution >= 4 is 17.2 Å². The molecule has 1 aliphatic heterocycles. The Morgan fingerprint density at radius 3 is 3.19 bits per heavy atom. The van der Waals surface area contributed by atoms with Crippen molar-refractivity contribution in [1.82, 2.24) is 19.9 Å². The van der Waals surface area contributed by atoms with Gasteiger partial charge in [-0.3, -0.25) is 4.40 Å². The number of aromatic nitrogens is 3. The molecule has 0 spiro atoms. The Morgan fingerprint density at radius 2 is 2.38 bits per heavy atom. The molecule has 0 amide bonds. The van der Waals surface area contributed by atoms with E-state index in [9.17, 15) is 0 Å². The lowest BCUT2D eigenvalue weighted by atomic mass is 10.3. The SMILES string of the molecule is Clc1cccc2nnc(C3CNCCO3)n12. The summed E-state index contributed by atoms with van der Waals surface area (Å²) in [6, 6.07) is 5.55. The fourth-order valence-electron chi connectivity index (χ4n) is 1.86. The summed E-state index contributed by atoms with van der Waals surface area (Å²) in [5.41, 5.74) is 0.747. The lowest BCUT2D eigenvalue weighted by Gasteiger charge is -2.22. The maximum Gasteiger partial charge on any atom is 0.169 e. The van der Waals surface area contributed by atoms with Crippen LogP contribution in [0.2, 0.25) is 5.15 Å². The number of fused-ring (bicyclic) bond motifs is 1. The van der Waals surface area contributed by atoms with Gasteiger partial charge in [-0.15, -0.1) is 10.2 Å². The summed E-state index contributed by atoms with van der Waals surface area (Å²) >= 11 is 6.13. The second-order valence-corrected chi connectivity index (χ2v) is 4.05. The van der Waals surface area contributed by atoms with E-state index in [0.717, 1.165) is 24.6 Å². The zero-order valence-electron chi connectivity index (χ0n) is 8.56. The Morgan fingerprint density at radius 1 is 1.44 bits per heavy atom. The largest absolute Gasteiger partial charge is 0.368 e. The molecule has 1 atom stereocenters. The zero-order chi connectivity index (χ0) is 11.0. The third-order valence-corrected chi connectivity index (χ3v) is 2.92. The molecular weight excluding hydrogens is 228 g/mol. The van der Waals surface area contributed by atoms with Crippen molar-refractivity contribution in [1.29, 1.82) is 0 Å². The van der Waals surface area contributed by atoms with Crippen LogP contribution in [0.4, 0.5) is 0 Å². The third kappa shape index (κ3) is 1.57. The summed E-state index contributed by atoms with van der Waals surface area (Å²) in [7, 11) is 0. The van der Waals surface area contributed by atoms with Crippen LogP contribution in [-0.4, -0.2) is 34.3 Å². The molecule has 0 aliphatic carbocycles. The Bertz CT molecular complexity index is 506. The number of halogens is 1. The minimum absolute atomic E-state index is 0.0800. The molecule has 2 aromatic rings. The van der Waals surface area contributed by atoms with Gasteiger partial charge in [0, 0.05) is 13.1 Å². The lowest BCUT2D eigenvalue weighted by molar-refractivity contribution is 0.0215. The molecule has 16 heavy (non-hydrogen) atoms. The van der Waals surface area contributed by atoms with Crippen LogP contribution in [0.5, 0.6) is 0 Å². The van der Waals surface area contributed by atoms with E-state index < -0.39 is 0 Å². The molecule has 1 N–H and O–H groups in total. The van der Waals surface area contributed by atoms with E-state index >= 15 is 0 Å². The maximum absolute atomic E-state index is 6.13.